The number of urea groups is 1. The van der Waals surface area contributed by atoms with E-state index in [2.05, 4.69) is 21.2 Å². The predicted octanol–water partition coefficient (Wildman–Crippen LogP) is 2.47. The summed E-state index contributed by atoms with van der Waals surface area (Å²) in [7, 11) is 0. The maximum absolute atomic E-state index is 12.3. The number of carbonyl (C=O) groups excluding carboxylic acids is 3. The summed E-state index contributed by atoms with van der Waals surface area (Å²) in [6.07, 6.45) is 0.956. The van der Waals surface area contributed by atoms with Crippen molar-refractivity contribution >= 4 is 51.1 Å². The molecule has 98 valence electrons. The van der Waals surface area contributed by atoms with Crippen LogP contribution in [0.5, 0.6) is 0 Å². The monoisotopic (exact) mass is 342 g/mol. The number of barbiturate groups is 1. The molecule has 2 aliphatic rings. The van der Waals surface area contributed by atoms with Crippen molar-refractivity contribution in [2.75, 3.05) is 4.90 Å². The lowest BCUT2D eigenvalue weighted by atomic mass is 10.0. The van der Waals surface area contributed by atoms with Gasteiger partial charge < -0.3 is 0 Å². The van der Waals surface area contributed by atoms with Crippen LogP contribution in [0.3, 0.4) is 0 Å². The summed E-state index contributed by atoms with van der Waals surface area (Å²) in [6.45, 7) is 0. The number of hydrogen-bond acceptors (Lipinski definition) is 3. The average molecular weight is 344 g/mol. The van der Waals surface area contributed by atoms with Gasteiger partial charge in [-0.1, -0.05) is 11.6 Å². The maximum Gasteiger partial charge on any atom is 0.335 e. The van der Waals surface area contributed by atoms with E-state index < -0.39 is 23.3 Å². The van der Waals surface area contributed by atoms with Gasteiger partial charge in [-0.3, -0.25) is 14.9 Å². The third-order valence-corrected chi connectivity index (χ3v) is 4.61. The molecule has 5 nitrogen and oxygen atoms in total. The number of anilines is 1. The molecule has 1 aliphatic carbocycles. The Balaban J connectivity index is 2.03. The number of halogens is 2. The van der Waals surface area contributed by atoms with E-state index in [1.807, 2.05) is 0 Å². The first-order chi connectivity index (χ1) is 8.95. The molecule has 1 spiro atoms. The fraction of sp³-hybridized carbons (Fsp3) is 0.250. The van der Waals surface area contributed by atoms with E-state index in [1.165, 1.54) is 6.07 Å². The minimum absolute atomic E-state index is 0.356. The highest BCUT2D eigenvalue weighted by molar-refractivity contribution is 9.10. The van der Waals surface area contributed by atoms with Crippen molar-refractivity contribution in [3.63, 3.8) is 0 Å². The fourth-order valence-corrected chi connectivity index (χ4v) is 2.52. The Morgan fingerprint density at radius 1 is 1.26 bits per heavy atom. The predicted molar refractivity (Wildman–Crippen MR) is 71.8 cm³/mol. The molecule has 0 bridgehead atoms. The number of nitrogens with one attached hydrogen (secondary N) is 1. The first kappa shape index (κ1) is 12.6. The number of benzene rings is 1. The van der Waals surface area contributed by atoms with Gasteiger partial charge in [0.2, 0.25) is 5.91 Å². The minimum Gasteiger partial charge on any atom is -0.276 e. The molecule has 1 heterocycles. The molecule has 7 heteroatoms. The van der Waals surface area contributed by atoms with Crippen molar-refractivity contribution in [1.82, 2.24) is 5.32 Å². The summed E-state index contributed by atoms with van der Waals surface area (Å²) in [5, 5.41) is 2.61. The molecular formula is C12H8BrClN2O3. The lowest BCUT2D eigenvalue weighted by Gasteiger charge is -2.30. The second-order valence-electron chi connectivity index (χ2n) is 4.58. The molecule has 0 unspecified atom stereocenters. The largest absolute Gasteiger partial charge is 0.335 e. The Hall–Kier alpha value is -1.40. The second-order valence-corrected chi connectivity index (χ2v) is 5.84. The number of rotatable bonds is 1. The van der Waals surface area contributed by atoms with E-state index in [1.54, 1.807) is 12.1 Å². The van der Waals surface area contributed by atoms with Gasteiger partial charge in [-0.25, -0.2) is 9.69 Å². The Morgan fingerprint density at radius 3 is 2.53 bits per heavy atom. The number of imide groups is 2. The van der Waals surface area contributed by atoms with Crippen LogP contribution in [-0.4, -0.2) is 17.8 Å². The smallest absolute Gasteiger partial charge is 0.276 e. The quantitative estimate of drug-likeness (QED) is 0.797. The molecule has 4 amide bonds. The van der Waals surface area contributed by atoms with Crippen molar-refractivity contribution in [3.05, 3.63) is 27.7 Å². The van der Waals surface area contributed by atoms with Crippen LogP contribution in [0.4, 0.5) is 10.5 Å². The third kappa shape index (κ3) is 1.78. The summed E-state index contributed by atoms with van der Waals surface area (Å²) in [5.74, 6) is -0.971. The Labute approximate surface area is 122 Å². The van der Waals surface area contributed by atoms with Crippen LogP contribution in [-0.2, 0) is 9.59 Å². The molecule has 1 aliphatic heterocycles. The molecule has 1 saturated heterocycles. The molecule has 1 N–H and O–H groups in total. The van der Waals surface area contributed by atoms with Gasteiger partial charge in [0.15, 0.2) is 0 Å². The molecule has 1 saturated carbocycles. The molecule has 2 fully saturated rings. The lowest BCUT2D eigenvalue weighted by Crippen LogP contribution is -2.59. The van der Waals surface area contributed by atoms with E-state index in [9.17, 15) is 14.4 Å². The van der Waals surface area contributed by atoms with Crippen LogP contribution in [0.25, 0.3) is 0 Å². The van der Waals surface area contributed by atoms with E-state index in [-0.39, 0.29) is 0 Å². The van der Waals surface area contributed by atoms with Gasteiger partial charge in [-0.05, 0) is 47.0 Å². The zero-order valence-electron chi connectivity index (χ0n) is 9.57. The minimum atomic E-state index is -1.05. The van der Waals surface area contributed by atoms with Gasteiger partial charge in [0, 0.05) is 4.47 Å². The number of nitrogens with zero attached hydrogens (tertiary/aromatic N) is 1. The average Bonchev–Trinajstić information content (AvgIpc) is 3.13. The van der Waals surface area contributed by atoms with Crippen molar-refractivity contribution < 1.29 is 14.4 Å². The van der Waals surface area contributed by atoms with Crippen molar-refractivity contribution in [2.45, 2.75) is 12.8 Å². The number of hydrogen-bond donors (Lipinski definition) is 1. The summed E-state index contributed by atoms with van der Waals surface area (Å²) in [4.78, 5) is 36.8. The highest BCUT2D eigenvalue weighted by atomic mass is 79.9. The van der Waals surface area contributed by atoms with Crippen molar-refractivity contribution in [2.24, 2.45) is 5.41 Å². The maximum atomic E-state index is 12.3. The number of amides is 4. The lowest BCUT2D eigenvalue weighted by molar-refractivity contribution is -0.136. The van der Waals surface area contributed by atoms with Crippen LogP contribution in [0.1, 0.15) is 12.8 Å². The Bertz CT molecular complexity index is 627. The standard InChI is InChI=1S/C12H8BrClN2O3/c13-7-2-1-6(5-8(7)14)16-10(18)12(3-4-12)9(17)15-11(16)19/h1-2,5H,3-4H2,(H,15,17,19). The molecule has 1 aromatic rings. The molecule has 3 rings (SSSR count). The zero-order valence-corrected chi connectivity index (χ0v) is 11.9. The number of carbonyl (C=O) groups is 3. The van der Waals surface area contributed by atoms with Crippen LogP contribution >= 0.6 is 27.5 Å². The van der Waals surface area contributed by atoms with Crippen LogP contribution in [0, 0.1) is 5.41 Å². The molecular weight excluding hydrogens is 336 g/mol. The Morgan fingerprint density at radius 2 is 1.95 bits per heavy atom. The fourth-order valence-electron chi connectivity index (χ4n) is 2.10. The van der Waals surface area contributed by atoms with Gasteiger partial charge in [0.25, 0.3) is 5.91 Å². The molecule has 0 radical (unpaired) electrons. The first-order valence-electron chi connectivity index (χ1n) is 5.61. The van der Waals surface area contributed by atoms with Gasteiger partial charge in [-0.15, -0.1) is 0 Å². The highest BCUT2D eigenvalue weighted by Crippen LogP contribution is 2.49. The normalized spacial score (nSPS) is 20.7. The molecule has 0 aromatic heterocycles. The van der Waals surface area contributed by atoms with Gasteiger partial charge >= 0.3 is 6.03 Å². The van der Waals surface area contributed by atoms with E-state index in [0.29, 0.717) is 28.0 Å². The summed E-state index contributed by atoms with van der Waals surface area (Å²) >= 11 is 9.20. The topological polar surface area (TPSA) is 66.5 Å². The van der Waals surface area contributed by atoms with Crippen LogP contribution < -0.4 is 10.2 Å². The first-order valence-corrected chi connectivity index (χ1v) is 6.78. The molecule has 0 atom stereocenters. The Kier molecular flexibility index (Phi) is 2.69. The second kappa shape index (κ2) is 4.05. The molecule has 1 aromatic carbocycles. The van der Waals surface area contributed by atoms with Crippen LogP contribution in [0.2, 0.25) is 5.02 Å². The third-order valence-electron chi connectivity index (χ3n) is 3.38. The van der Waals surface area contributed by atoms with Crippen LogP contribution in [0.15, 0.2) is 22.7 Å². The van der Waals surface area contributed by atoms with Crippen molar-refractivity contribution in [3.8, 4) is 0 Å². The SMILES string of the molecule is O=C1NC(=O)C2(CC2)C(=O)N1c1ccc(Br)c(Cl)c1. The van der Waals surface area contributed by atoms with Gasteiger partial charge in [0.1, 0.15) is 5.41 Å². The van der Waals surface area contributed by atoms with E-state index in [4.69, 9.17) is 11.6 Å². The summed E-state index contributed by atoms with van der Waals surface area (Å²) in [6, 6.07) is 4.02. The van der Waals surface area contributed by atoms with Gasteiger partial charge in [-0.2, -0.15) is 0 Å². The van der Waals surface area contributed by atoms with E-state index in [0.717, 1.165) is 4.90 Å². The summed E-state index contributed by atoms with van der Waals surface area (Å²) < 4.78 is 0.667. The van der Waals surface area contributed by atoms with Crippen molar-refractivity contribution in [1.29, 1.82) is 0 Å². The summed E-state index contributed by atoms with van der Waals surface area (Å²) in [5.41, 5.74) is -0.692. The highest BCUT2D eigenvalue weighted by Gasteiger charge is 2.62. The molecule has 19 heavy (non-hydrogen) atoms. The zero-order chi connectivity index (χ0) is 13.8. The van der Waals surface area contributed by atoms with E-state index >= 15 is 0 Å². The van der Waals surface area contributed by atoms with Gasteiger partial charge in [0.05, 0.1) is 10.7 Å².